The lowest BCUT2D eigenvalue weighted by molar-refractivity contribution is 0.0132. The van der Waals surface area contributed by atoms with Gasteiger partial charge in [0.15, 0.2) is 17.2 Å². The standard InChI is InChI=1S/C30H34N4O6/c1-20-13-27(21(2)34(20)24-6-8-26-28(15-24)39-19-38-26)40-29(35)32-23-5-7-25(22(14-23)16-31)37-18-30(3,4)17-33-9-11-36-12-10-33/h5-8,13-15H,9-12,17-19H2,1-4H3,(H,32,35). The minimum atomic E-state index is -0.657. The quantitative estimate of drug-likeness (QED) is 0.419. The molecule has 0 bridgehead atoms. The van der Waals surface area contributed by atoms with E-state index in [1.807, 2.05) is 36.6 Å². The molecule has 1 N–H and O–H groups in total. The van der Waals surface area contributed by atoms with Crippen LogP contribution in [0, 0.1) is 30.6 Å². The Labute approximate surface area is 233 Å². The van der Waals surface area contributed by atoms with E-state index in [2.05, 4.69) is 30.1 Å². The van der Waals surface area contributed by atoms with Crippen LogP contribution >= 0.6 is 0 Å². The largest absolute Gasteiger partial charge is 0.492 e. The molecule has 1 aromatic heterocycles. The molecule has 2 aliphatic heterocycles. The number of aryl methyl sites for hydroxylation is 1. The fourth-order valence-electron chi connectivity index (χ4n) is 5.01. The van der Waals surface area contributed by atoms with Gasteiger partial charge in [0.05, 0.1) is 31.1 Å². The Morgan fingerprint density at radius 3 is 2.60 bits per heavy atom. The summed E-state index contributed by atoms with van der Waals surface area (Å²) in [6, 6.07) is 14.6. The fraction of sp³-hybridized carbons (Fsp3) is 0.400. The predicted octanol–water partition coefficient (Wildman–Crippen LogP) is 5.04. The molecule has 210 valence electrons. The second-order valence-corrected chi connectivity index (χ2v) is 10.8. The van der Waals surface area contributed by atoms with Crippen LogP contribution in [0.3, 0.4) is 0 Å². The number of ether oxygens (including phenoxy) is 5. The zero-order valence-electron chi connectivity index (χ0n) is 23.3. The Morgan fingerprint density at radius 1 is 1.05 bits per heavy atom. The smallest absolute Gasteiger partial charge is 0.417 e. The lowest BCUT2D eigenvalue weighted by atomic mass is 9.93. The molecule has 2 aliphatic rings. The maximum Gasteiger partial charge on any atom is 0.417 e. The van der Waals surface area contributed by atoms with Crippen LogP contribution in [-0.2, 0) is 4.74 Å². The van der Waals surface area contributed by atoms with Crippen molar-refractivity contribution in [2.75, 3.05) is 51.6 Å². The second-order valence-electron chi connectivity index (χ2n) is 10.8. The van der Waals surface area contributed by atoms with Gasteiger partial charge >= 0.3 is 6.09 Å². The van der Waals surface area contributed by atoms with Crippen molar-refractivity contribution in [2.45, 2.75) is 27.7 Å². The highest BCUT2D eigenvalue weighted by atomic mass is 16.7. The summed E-state index contributed by atoms with van der Waals surface area (Å²) in [6.07, 6.45) is -0.657. The molecule has 0 aliphatic carbocycles. The number of nitrogens with zero attached hydrogens (tertiary/aromatic N) is 3. The molecule has 1 amide bonds. The van der Waals surface area contributed by atoms with Gasteiger partial charge < -0.3 is 28.3 Å². The van der Waals surface area contributed by atoms with E-state index in [4.69, 9.17) is 23.7 Å². The van der Waals surface area contributed by atoms with Crippen molar-refractivity contribution in [3.05, 3.63) is 59.4 Å². The van der Waals surface area contributed by atoms with Gasteiger partial charge in [-0.05, 0) is 44.2 Å². The van der Waals surface area contributed by atoms with E-state index in [0.717, 1.165) is 49.9 Å². The zero-order valence-corrected chi connectivity index (χ0v) is 23.3. The van der Waals surface area contributed by atoms with Gasteiger partial charge in [0.1, 0.15) is 11.8 Å². The van der Waals surface area contributed by atoms with Crippen molar-refractivity contribution in [1.29, 1.82) is 5.26 Å². The molecule has 10 heteroatoms. The van der Waals surface area contributed by atoms with Crippen LogP contribution in [-0.4, -0.2) is 61.8 Å². The number of morpholine rings is 1. The summed E-state index contributed by atoms with van der Waals surface area (Å²) in [6.45, 7) is 12.9. The minimum Gasteiger partial charge on any atom is -0.492 e. The van der Waals surface area contributed by atoms with Crippen molar-refractivity contribution >= 4 is 11.8 Å². The van der Waals surface area contributed by atoms with Gasteiger partial charge in [0.2, 0.25) is 6.79 Å². The molecule has 5 rings (SSSR count). The first-order valence-corrected chi connectivity index (χ1v) is 13.3. The van der Waals surface area contributed by atoms with Gasteiger partial charge in [-0.1, -0.05) is 13.8 Å². The molecule has 0 unspecified atom stereocenters. The topological polar surface area (TPSA) is 107 Å². The number of hydrogen-bond donors (Lipinski definition) is 1. The molecule has 0 spiro atoms. The third-order valence-electron chi connectivity index (χ3n) is 6.92. The molecule has 0 atom stereocenters. The monoisotopic (exact) mass is 546 g/mol. The number of rotatable bonds is 8. The predicted molar refractivity (Wildman–Crippen MR) is 149 cm³/mol. The van der Waals surface area contributed by atoms with E-state index in [-0.39, 0.29) is 12.2 Å². The van der Waals surface area contributed by atoms with Crippen molar-refractivity contribution < 1.29 is 28.5 Å². The second kappa shape index (κ2) is 11.5. The molecule has 10 nitrogen and oxygen atoms in total. The van der Waals surface area contributed by atoms with Gasteiger partial charge in [0, 0.05) is 54.3 Å². The summed E-state index contributed by atoms with van der Waals surface area (Å²) in [7, 11) is 0. The van der Waals surface area contributed by atoms with Crippen LogP contribution in [0.2, 0.25) is 0 Å². The van der Waals surface area contributed by atoms with Crippen LogP contribution in [0.25, 0.3) is 5.69 Å². The van der Waals surface area contributed by atoms with E-state index >= 15 is 0 Å². The van der Waals surface area contributed by atoms with Crippen LogP contribution in [0.15, 0.2) is 42.5 Å². The van der Waals surface area contributed by atoms with Crippen LogP contribution in [0.1, 0.15) is 30.8 Å². The molecule has 0 saturated carbocycles. The lowest BCUT2D eigenvalue weighted by Gasteiger charge is -2.34. The molecule has 40 heavy (non-hydrogen) atoms. The summed E-state index contributed by atoms with van der Waals surface area (Å²) in [5.41, 5.74) is 3.18. The van der Waals surface area contributed by atoms with Crippen molar-refractivity contribution in [2.24, 2.45) is 5.41 Å². The zero-order chi connectivity index (χ0) is 28.3. The maximum atomic E-state index is 12.8. The number of carbonyl (C=O) groups excluding carboxylic acids is 1. The highest BCUT2D eigenvalue weighted by Gasteiger charge is 2.25. The summed E-state index contributed by atoms with van der Waals surface area (Å²) in [5, 5.41) is 12.4. The van der Waals surface area contributed by atoms with Gasteiger partial charge in [-0.3, -0.25) is 10.2 Å². The number of nitrogens with one attached hydrogen (secondary N) is 1. The Balaban J connectivity index is 1.21. The number of aromatic nitrogens is 1. The summed E-state index contributed by atoms with van der Waals surface area (Å²) in [5.74, 6) is 2.28. The van der Waals surface area contributed by atoms with Crippen molar-refractivity contribution in [3.63, 3.8) is 0 Å². The van der Waals surface area contributed by atoms with E-state index in [1.54, 1.807) is 24.3 Å². The SMILES string of the molecule is Cc1cc(OC(=O)Nc2ccc(OCC(C)(C)CN3CCOCC3)c(C#N)c2)c(C)n1-c1ccc2c(c1)OCO2. The Kier molecular flexibility index (Phi) is 7.87. The summed E-state index contributed by atoms with van der Waals surface area (Å²) >= 11 is 0. The van der Waals surface area contributed by atoms with Gasteiger partial charge in [-0.15, -0.1) is 0 Å². The van der Waals surface area contributed by atoms with Crippen molar-refractivity contribution in [3.8, 4) is 34.8 Å². The molecule has 1 saturated heterocycles. The van der Waals surface area contributed by atoms with Crippen molar-refractivity contribution in [1.82, 2.24) is 9.47 Å². The number of amides is 1. The summed E-state index contributed by atoms with van der Waals surface area (Å²) < 4.78 is 30.0. The minimum absolute atomic E-state index is 0.113. The highest BCUT2D eigenvalue weighted by molar-refractivity contribution is 5.87. The average molecular weight is 547 g/mol. The Bertz CT molecular complexity index is 1430. The number of hydrogen-bond acceptors (Lipinski definition) is 8. The van der Waals surface area contributed by atoms with E-state index in [0.29, 0.717) is 40.9 Å². The molecule has 3 aromatic rings. The average Bonchev–Trinajstić information content (AvgIpc) is 3.51. The number of carbonyl (C=O) groups is 1. The van der Waals surface area contributed by atoms with Gasteiger partial charge in [-0.2, -0.15) is 5.26 Å². The molecule has 2 aromatic carbocycles. The Hall–Kier alpha value is -4.20. The molecule has 0 radical (unpaired) electrons. The van der Waals surface area contributed by atoms with E-state index < -0.39 is 6.09 Å². The number of benzene rings is 2. The van der Waals surface area contributed by atoms with Gasteiger partial charge in [-0.25, -0.2) is 4.79 Å². The fourth-order valence-corrected chi connectivity index (χ4v) is 5.01. The lowest BCUT2D eigenvalue weighted by Crippen LogP contribution is -2.43. The molecule has 3 heterocycles. The number of nitriles is 1. The van der Waals surface area contributed by atoms with Crippen LogP contribution in [0.4, 0.5) is 10.5 Å². The molecule has 1 fully saturated rings. The van der Waals surface area contributed by atoms with Crippen LogP contribution in [0.5, 0.6) is 23.0 Å². The first-order chi connectivity index (χ1) is 19.2. The van der Waals surface area contributed by atoms with Gasteiger partial charge in [0.25, 0.3) is 0 Å². The third kappa shape index (κ3) is 6.17. The normalized spacial score (nSPS) is 15.0. The first kappa shape index (κ1) is 27.4. The van der Waals surface area contributed by atoms with E-state index in [9.17, 15) is 10.1 Å². The number of fused-ring (bicyclic) bond motifs is 1. The highest BCUT2D eigenvalue weighted by Crippen LogP contribution is 2.36. The van der Waals surface area contributed by atoms with E-state index in [1.165, 1.54) is 0 Å². The summed E-state index contributed by atoms with van der Waals surface area (Å²) in [4.78, 5) is 15.1. The molecular weight excluding hydrogens is 512 g/mol. The Morgan fingerprint density at radius 2 is 1.82 bits per heavy atom. The van der Waals surface area contributed by atoms with Crippen LogP contribution < -0.4 is 24.3 Å². The number of anilines is 1. The first-order valence-electron chi connectivity index (χ1n) is 13.3. The maximum absolute atomic E-state index is 12.8. The molecular formula is C30H34N4O6. The third-order valence-corrected chi connectivity index (χ3v) is 6.92.